The van der Waals surface area contributed by atoms with Crippen molar-refractivity contribution in [2.75, 3.05) is 26.2 Å². The van der Waals surface area contributed by atoms with Crippen LogP contribution in [0.1, 0.15) is 25.7 Å². The van der Waals surface area contributed by atoms with Gasteiger partial charge in [-0.1, -0.05) is 0 Å². The Labute approximate surface area is 158 Å². The molecule has 2 N–H and O–H groups in total. The Morgan fingerprint density at radius 2 is 1.63 bits per heavy atom. The van der Waals surface area contributed by atoms with Gasteiger partial charge in [0.15, 0.2) is 0 Å². The number of nitrogens with two attached hydrogens (primary N) is 1. The Morgan fingerprint density at radius 1 is 1.00 bits per heavy atom. The van der Waals surface area contributed by atoms with Crippen molar-refractivity contribution in [2.24, 2.45) is 17.6 Å². The SMILES string of the molecule is NC(=O)C1CCN(C(=O)C2CCCN(S(=O)(=O)c3ccc(F)cc3)C2)CC1. The highest BCUT2D eigenvalue weighted by atomic mass is 32.2. The number of hydrogen-bond donors (Lipinski definition) is 1. The Kier molecular flexibility index (Phi) is 5.81. The number of carbonyl (C=O) groups excluding carboxylic acids is 2. The van der Waals surface area contributed by atoms with Crippen LogP contribution in [0.3, 0.4) is 0 Å². The van der Waals surface area contributed by atoms with Crippen LogP contribution in [0.2, 0.25) is 0 Å². The number of likely N-dealkylation sites (tertiary alicyclic amines) is 1. The molecule has 3 rings (SSSR count). The number of halogens is 1. The van der Waals surface area contributed by atoms with E-state index in [0.717, 1.165) is 12.1 Å². The number of benzene rings is 1. The third-order valence-electron chi connectivity index (χ3n) is 5.39. The highest BCUT2D eigenvalue weighted by Gasteiger charge is 2.36. The lowest BCUT2D eigenvalue weighted by molar-refractivity contribution is -0.139. The maximum absolute atomic E-state index is 13.1. The van der Waals surface area contributed by atoms with E-state index in [0.29, 0.717) is 45.3 Å². The molecule has 7 nitrogen and oxygen atoms in total. The van der Waals surface area contributed by atoms with Crippen LogP contribution in [0.25, 0.3) is 0 Å². The van der Waals surface area contributed by atoms with Crippen molar-refractivity contribution < 1.29 is 22.4 Å². The maximum atomic E-state index is 13.1. The van der Waals surface area contributed by atoms with Gasteiger partial charge in [0.1, 0.15) is 5.82 Å². The van der Waals surface area contributed by atoms with Crippen molar-refractivity contribution in [3.63, 3.8) is 0 Å². The van der Waals surface area contributed by atoms with E-state index < -0.39 is 21.8 Å². The zero-order valence-electron chi connectivity index (χ0n) is 15.0. The van der Waals surface area contributed by atoms with Gasteiger partial charge in [0.25, 0.3) is 0 Å². The number of hydrogen-bond acceptors (Lipinski definition) is 4. The molecule has 2 aliphatic heterocycles. The van der Waals surface area contributed by atoms with E-state index in [9.17, 15) is 22.4 Å². The second-order valence-corrected chi connectivity index (χ2v) is 9.10. The monoisotopic (exact) mass is 397 g/mol. The third-order valence-corrected chi connectivity index (χ3v) is 7.27. The van der Waals surface area contributed by atoms with E-state index in [2.05, 4.69) is 0 Å². The molecule has 0 aromatic heterocycles. The molecule has 1 aromatic carbocycles. The summed E-state index contributed by atoms with van der Waals surface area (Å²) in [5, 5.41) is 0. The van der Waals surface area contributed by atoms with E-state index in [1.165, 1.54) is 16.4 Å². The topological polar surface area (TPSA) is 101 Å². The first kappa shape index (κ1) is 19.8. The summed E-state index contributed by atoms with van der Waals surface area (Å²) in [6.45, 7) is 1.39. The van der Waals surface area contributed by atoms with Crippen molar-refractivity contribution in [2.45, 2.75) is 30.6 Å². The highest BCUT2D eigenvalue weighted by Crippen LogP contribution is 2.27. The van der Waals surface area contributed by atoms with Crippen LogP contribution in [-0.4, -0.2) is 55.6 Å². The Morgan fingerprint density at radius 3 is 2.22 bits per heavy atom. The second kappa shape index (κ2) is 7.93. The van der Waals surface area contributed by atoms with Crippen LogP contribution in [-0.2, 0) is 19.6 Å². The summed E-state index contributed by atoms with van der Waals surface area (Å²) in [4.78, 5) is 25.8. The number of amides is 2. The van der Waals surface area contributed by atoms with E-state index in [1.54, 1.807) is 4.90 Å². The largest absolute Gasteiger partial charge is 0.369 e. The van der Waals surface area contributed by atoms with Gasteiger partial charge in [-0.05, 0) is 49.9 Å². The molecule has 1 unspecified atom stereocenters. The first-order valence-electron chi connectivity index (χ1n) is 9.13. The summed E-state index contributed by atoms with van der Waals surface area (Å²) in [6.07, 6.45) is 2.31. The average Bonchev–Trinajstić information content (AvgIpc) is 2.68. The minimum absolute atomic E-state index is 0.0271. The van der Waals surface area contributed by atoms with Crippen molar-refractivity contribution in [3.8, 4) is 0 Å². The number of rotatable bonds is 4. The number of carbonyl (C=O) groups is 2. The van der Waals surface area contributed by atoms with Gasteiger partial charge in [-0.25, -0.2) is 12.8 Å². The van der Waals surface area contributed by atoms with Crippen molar-refractivity contribution in [1.29, 1.82) is 0 Å². The molecule has 27 heavy (non-hydrogen) atoms. The molecule has 148 valence electrons. The molecule has 0 saturated carbocycles. The summed E-state index contributed by atoms with van der Waals surface area (Å²) in [7, 11) is -3.76. The lowest BCUT2D eigenvalue weighted by Crippen LogP contribution is -2.49. The Bertz CT molecular complexity index is 804. The standard InChI is InChI=1S/C18H24FN3O4S/c19-15-3-5-16(6-4-15)27(25,26)22-9-1-2-14(12-22)18(24)21-10-7-13(8-11-21)17(20)23/h3-6,13-14H,1-2,7-12H2,(H2,20,23). The molecule has 2 amide bonds. The Balaban J connectivity index is 1.66. The normalized spacial score (nSPS) is 22.6. The molecule has 9 heteroatoms. The van der Waals surface area contributed by atoms with Gasteiger partial charge in [-0.3, -0.25) is 9.59 Å². The summed E-state index contributed by atoms with van der Waals surface area (Å²) in [5.74, 6) is -1.51. The molecule has 2 saturated heterocycles. The van der Waals surface area contributed by atoms with Crippen LogP contribution in [0.15, 0.2) is 29.2 Å². The van der Waals surface area contributed by atoms with E-state index in [1.807, 2.05) is 0 Å². The molecule has 1 aromatic rings. The van der Waals surface area contributed by atoms with Gasteiger partial charge < -0.3 is 10.6 Å². The molecule has 1 atom stereocenters. The van der Waals surface area contributed by atoms with Crippen LogP contribution >= 0.6 is 0 Å². The first-order chi connectivity index (χ1) is 12.8. The molecule has 2 aliphatic rings. The molecule has 0 radical (unpaired) electrons. The summed E-state index contributed by atoms with van der Waals surface area (Å²) >= 11 is 0. The van der Waals surface area contributed by atoms with Crippen molar-refractivity contribution >= 4 is 21.8 Å². The lowest BCUT2D eigenvalue weighted by atomic mass is 9.93. The fourth-order valence-electron chi connectivity index (χ4n) is 3.76. The van der Waals surface area contributed by atoms with E-state index >= 15 is 0 Å². The molecular weight excluding hydrogens is 373 g/mol. The molecule has 0 aliphatic carbocycles. The van der Waals surface area contributed by atoms with Crippen molar-refractivity contribution in [3.05, 3.63) is 30.1 Å². The number of sulfonamides is 1. The van der Waals surface area contributed by atoms with Gasteiger partial charge in [0, 0.05) is 32.1 Å². The smallest absolute Gasteiger partial charge is 0.243 e. The van der Waals surface area contributed by atoms with Crippen LogP contribution in [0.5, 0.6) is 0 Å². The molecule has 0 spiro atoms. The van der Waals surface area contributed by atoms with Gasteiger partial charge in [-0.2, -0.15) is 4.31 Å². The van der Waals surface area contributed by atoms with E-state index in [4.69, 9.17) is 5.73 Å². The number of primary amides is 1. The zero-order valence-corrected chi connectivity index (χ0v) is 15.8. The summed E-state index contributed by atoms with van der Waals surface area (Å²) in [5.41, 5.74) is 5.32. The van der Waals surface area contributed by atoms with Crippen LogP contribution in [0.4, 0.5) is 4.39 Å². The number of piperidine rings is 2. The van der Waals surface area contributed by atoms with Gasteiger partial charge in [-0.15, -0.1) is 0 Å². The van der Waals surface area contributed by atoms with Gasteiger partial charge in [0.05, 0.1) is 10.8 Å². The zero-order chi connectivity index (χ0) is 19.6. The fraction of sp³-hybridized carbons (Fsp3) is 0.556. The first-order valence-corrected chi connectivity index (χ1v) is 10.6. The predicted molar refractivity (Wildman–Crippen MR) is 96.4 cm³/mol. The van der Waals surface area contributed by atoms with E-state index in [-0.39, 0.29) is 29.2 Å². The summed E-state index contributed by atoms with van der Waals surface area (Å²) in [6, 6.07) is 4.71. The highest BCUT2D eigenvalue weighted by molar-refractivity contribution is 7.89. The van der Waals surface area contributed by atoms with Crippen molar-refractivity contribution in [1.82, 2.24) is 9.21 Å². The third kappa shape index (κ3) is 4.30. The molecule has 2 heterocycles. The lowest BCUT2D eigenvalue weighted by Gasteiger charge is -2.37. The fourth-order valence-corrected chi connectivity index (χ4v) is 5.28. The minimum Gasteiger partial charge on any atom is -0.369 e. The molecule has 0 bridgehead atoms. The van der Waals surface area contributed by atoms with Crippen LogP contribution < -0.4 is 5.73 Å². The Hall–Kier alpha value is -2.00. The van der Waals surface area contributed by atoms with Gasteiger partial charge in [0.2, 0.25) is 21.8 Å². The van der Waals surface area contributed by atoms with Gasteiger partial charge >= 0.3 is 0 Å². The molecular formula is C18H24FN3O4S. The maximum Gasteiger partial charge on any atom is 0.243 e. The van der Waals surface area contributed by atoms with Crippen LogP contribution in [0, 0.1) is 17.7 Å². The quantitative estimate of drug-likeness (QED) is 0.817. The summed E-state index contributed by atoms with van der Waals surface area (Å²) < 4.78 is 40.0. The second-order valence-electron chi connectivity index (χ2n) is 7.16. The average molecular weight is 397 g/mol. The number of nitrogens with zero attached hydrogens (tertiary/aromatic N) is 2. The minimum atomic E-state index is -3.76. The molecule has 2 fully saturated rings. The predicted octanol–water partition coefficient (Wildman–Crippen LogP) is 0.950.